The number of hydrogen-bond acceptors (Lipinski definition) is 13. The predicted molar refractivity (Wildman–Crippen MR) is 191 cm³/mol. The Morgan fingerprint density at radius 1 is 0.429 bits per heavy atom. The lowest BCUT2D eigenvalue weighted by atomic mass is 9.76. The number of para-hydroxylation sites is 1. The molecule has 0 aliphatic rings. The maximum Gasteiger partial charge on any atom is 0.488 e. The summed E-state index contributed by atoms with van der Waals surface area (Å²) in [6.45, 7) is 2.96. The Balaban J connectivity index is 1.60. The van der Waals surface area contributed by atoms with Crippen LogP contribution in [0.5, 0.6) is 0 Å². The van der Waals surface area contributed by atoms with Crippen molar-refractivity contribution in [2.45, 2.75) is 26.2 Å². The van der Waals surface area contributed by atoms with Crippen LogP contribution in [0.3, 0.4) is 0 Å². The Bertz CT molecular complexity index is 1370. The molecule has 0 aromatic heterocycles. The van der Waals surface area contributed by atoms with Gasteiger partial charge in [-0.2, -0.15) is 0 Å². The first-order valence-electron chi connectivity index (χ1n) is 16.0. The zero-order valence-electron chi connectivity index (χ0n) is 27.2. The standard InChI is InChI=1S/C33H44B3N5O8/c42-34(43)29-13-5-1-9-25(29)17-37-21-33(22-38-18-26-10-2-6-14-30(26)35(44)45,23-39-19-27-11-3-7-15-31(27)36(46)47)24-40-20-28-12-4-8-16-32(28)41(48)49/h1-16,37-40,42-49H,17-24H2. The van der Waals surface area contributed by atoms with Crippen LogP contribution >= 0.6 is 0 Å². The van der Waals surface area contributed by atoms with Crippen LogP contribution in [0.1, 0.15) is 22.3 Å². The lowest BCUT2D eigenvalue weighted by molar-refractivity contribution is 0.0286. The van der Waals surface area contributed by atoms with E-state index in [1.807, 2.05) is 36.4 Å². The quantitative estimate of drug-likeness (QED) is 0.0355. The Morgan fingerprint density at radius 3 is 1.04 bits per heavy atom. The van der Waals surface area contributed by atoms with Gasteiger partial charge in [0.25, 0.3) is 0 Å². The normalized spacial score (nSPS) is 11.4. The summed E-state index contributed by atoms with van der Waals surface area (Å²) in [7, 11) is -4.89. The highest BCUT2D eigenvalue weighted by Crippen LogP contribution is 2.19. The topological polar surface area (TPSA) is 213 Å². The van der Waals surface area contributed by atoms with Crippen LogP contribution in [-0.2, 0) is 26.2 Å². The molecule has 0 spiro atoms. The molecule has 4 aromatic rings. The molecule has 0 bridgehead atoms. The Kier molecular flexibility index (Phi) is 14.8. The van der Waals surface area contributed by atoms with Crippen LogP contribution in [0.25, 0.3) is 0 Å². The molecular formula is C33H44B3N5O8. The predicted octanol–water partition coefficient (Wildman–Crippen LogP) is -2.24. The van der Waals surface area contributed by atoms with Crippen molar-refractivity contribution in [2.75, 3.05) is 31.4 Å². The summed E-state index contributed by atoms with van der Waals surface area (Å²) in [5.41, 5.74) is 3.61. The van der Waals surface area contributed by atoms with Crippen LogP contribution < -0.4 is 42.9 Å². The zero-order valence-corrected chi connectivity index (χ0v) is 27.2. The summed E-state index contributed by atoms with van der Waals surface area (Å²) in [6, 6.07) is 28.0. The van der Waals surface area contributed by atoms with Crippen LogP contribution in [0.4, 0.5) is 5.69 Å². The molecule has 12 N–H and O–H groups in total. The van der Waals surface area contributed by atoms with Gasteiger partial charge in [-0.1, -0.05) is 91.0 Å². The molecule has 0 radical (unpaired) electrons. The minimum absolute atomic E-state index is 0.0853. The average molecular weight is 671 g/mol. The van der Waals surface area contributed by atoms with Gasteiger partial charge in [0, 0.05) is 57.8 Å². The van der Waals surface area contributed by atoms with Gasteiger partial charge >= 0.3 is 21.4 Å². The van der Waals surface area contributed by atoms with Crippen LogP contribution in [0, 0.1) is 5.41 Å². The highest BCUT2D eigenvalue weighted by atomic mass is 16.8. The van der Waals surface area contributed by atoms with Crippen molar-refractivity contribution < 1.29 is 40.6 Å². The Morgan fingerprint density at radius 2 is 0.714 bits per heavy atom. The fourth-order valence-corrected chi connectivity index (χ4v) is 5.92. The van der Waals surface area contributed by atoms with E-state index in [-0.39, 0.29) is 10.9 Å². The van der Waals surface area contributed by atoms with Crippen molar-refractivity contribution in [1.82, 2.24) is 21.3 Å². The van der Waals surface area contributed by atoms with Gasteiger partial charge in [-0.25, -0.2) is 0 Å². The van der Waals surface area contributed by atoms with E-state index in [1.165, 1.54) is 0 Å². The molecule has 0 heterocycles. The van der Waals surface area contributed by atoms with Gasteiger partial charge in [0.05, 0.1) is 5.69 Å². The zero-order chi connectivity index (χ0) is 35.2. The minimum atomic E-state index is -1.63. The first kappa shape index (κ1) is 38.2. The largest absolute Gasteiger partial charge is 0.488 e. The third-order valence-corrected chi connectivity index (χ3v) is 8.47. The second-order valence-corrected chi connectivity index (χ2v) is 12.0. The molecule has 4 aromatic carbocycles. The second-order valence-electron chi connectivity index (χ2n) is 12.0. The Labute approximate surface area is 287 Å². The summed E-state index contributed by atoms with van der Waals surface area (Å²) in [6.07, 6.45) is 0. The number of nitrogens with one attached hydrogen (secondary N) is 4. The number of benzene rings is 4. The molecule has 13 nitrogen and oxygen atoms in total. The van der Waals surface area contributed by atoms with E-state index in [4.69, 9.17) is 0 Å². The van der Waals surface area contributed by atoms with Gasteiger partial charge in [-0.05, 0) is 44.7 Å². The molecule has 4 rings (SSSR count). The number of anilines is 1. The van der Waals surface area contributed by atoms with Gasteiger partial charge < -0.3 is 51.4 Å². The fourth-order valence-electron chi connectivity index (χ4n) is 5.92. The van der Waals surface area contributed by atoms with E-state index in [2.05, 4.69) is 21.3 Å². The molecule has 0 atom stereocenters. The lowest BCUT2D eigenvalue weighted by Crippen LogP contribution is -2.54. The van der Waals surface area contributed by atoms with E-state index in [0.29, 0.717) is 74.3 Å². The third-order valence-electron chi connectivity index (χ3n) is 8.47. The average Bonchev–Trinajstić information content (AvgIpc) is 3.09. The number of hydrogen-bond donors (Lipinski definition) is 12. The molecule has 0 saturated heterocycles. The summed E-state index contributed by atoms with van der Waals surface area (Å²) in [5, 5.41) is 92.9. The molecule has 49 heavy (non-hydrogen) atoms. The van der Waals surface area contributed by atoms with Gasteiger partial charge in [-0.15, -0.1) is 5.23 Å². The van der Waals surface area contributed by atoms with Crippen molar-refractivity contribution in [3.05, 3.63) is 119 Å². The van der Waals surface area contributed by atoms with E-state index >= 15 is 0 Å². The van der Waals surface area contributed by atoms with E-state index < -0.39 is 26.8 Å². The molecule has 0 aliphatic carbocycles. The third kappa shape index (κ3) is 11.2. The molecular weight excluding hydrogens is 627 g/mol. The van der Waals surface area contributed by atoms with Crippen molar-refractivity contribution in [3.63, 3.8) is 0 Å². The van der Waals surface area contributed by atoms with Crippen LogP contribution in [0.15, 0.2) is 97.1 Å². The highest BCUT2D eigenvalue weighted by Gasteiger charge is 2.30. The fraction of sp³-hybridized carbons (Fsp3) is 0.273. The molecule has 0 unspecified atom stereocenters. The molecule has 0 amide bonds. The first-order chi connectivity index (χ1) is 23.6. The minimum Gasteiger partial charge on any atom is -0.423 e. The smallest absolute Gasteiger partial charge is 0.423 e. The molecule has 258 valence electrons. The van der Waals surface area contributed by atoms with Crippen molar-refractivity contribution >= 4 is 43.4 Å². The molecule has 0 aliphatic heterocycles. The van der Waals surface area contributed by atoms with Crippen LogP contribution in [-0.4, -0.2) is 88.1 Å². The molecule has 0 saturated carbocycles. The summed E-state index contributed by atoms with van der Waals surface area (Å²) in [4.78, 5) is 0. The summed E-state index contributed by atoms with van der Waals surface area (Å²) >= 11 is 0. The van der Waals surface area contributed by atoms with Gasteiger partial charge in [0.2, 0.25) is 0 Å². The van der Waals surface area contributed by atoms with Gasteiger partial charge in [-0.3, -0.25) is 10.4 Å². The summed E-state index contributed by atoms with van der Waals surface area (Å²) < 4.78 is 0. The van der Waals surface area contributed by atoms with E-state index in [9.17, 15) is 40.6 Å². The number of nitrogens with zero attached hydrogens (tertiary/aromatic N) is 1. The summed E-state index contributed by atoms with van der Waals surface area (Å²) in [5.74, 6) is 0. The van der Waals surface area contributed by atoms with Crippen LogP contribution in [0.2, 0.25) is 0 Å². The SMILES string of the molecule is OB(O)c1ccccc1CNCC(CNCc1ccccc1B(O)O)(CNCc1ccccc1B(O)O)CNCc1ccccc1N(O)O. The molecule has 0 fully saturated rings. The number of rotatable bonds is 20. The van der Waals surface area contributed by atoms with E-state index in [0.717, 1.165) is 16.7 Å². The lowest BCUT2D eigenvalue weighted by Gasteiger charge is -2.36. The molecule has 16 heteroatoms. The van der Waals surface area contributed by atoms with Crippen molar-refractivity contribution in [2.24, 2.45) is 5.41 Å². The van der Waals surface area contributed by atoms with E-state index in [1.54, 1.807) is 60.7 Å². The second kappa shape index (κ2) is 19.0. The van der Waals surface area contributed by atoms with Crippen molar-refractivity contribution in [3.8, 4) is 0 Å². The van der Waals surface area contributed by atoms with Gasteiger partial charge in [0.15, 0.2) is 0 Å². The van der Waals surface area contributed by atoms with Crippen molar-refractivity contribution in [1.29, 1.82) is 0 Å². The Hall–Kier alpha value is -3.61. The highest BCUT2D eigenvalue weighted by molar-refractivity contribution is 6.59. The maximum atomic E-state index is 9.91. The maximum absolute atomic E-state index is 9.91. The monoisotopic (exact) mass is 671 g/mol. The van der Waals surface area contributed by atoms with Gasteiger partial charge in [0.1, 0.15) is 0 Å². The first-order valence-corrected chi connectivity index (χ1v) is 16.0.